The molecule has 0 bridgehead atoms. The summed E-state index contributed by atoms with van der Waals surface area (Å²) in [6, 6.07) is 21.2. The van der Waals surface area contributed by atoms with Gasteiger partial charge in [0.25, 0.3) is 11.8 Å². The minimum Gasteiger partial charge on any atom is -0.361 e. The van der Waals surface area contributed by atoms with Gasteiger partial charge < -0.3 is 14.5 Å². The molecule has 32 heavy (non-hydrogen) atoms. The Hall–Kier alpha value is -3.51. The number of morpholine rings is 1. The highest BCUT2D eigenvalue weighted by molar-refractivity contribution is 5.95. The summed E-state index contributed by atoms with van der Waals surface area (Å²) in [7, 11) is 3.44. The molecule has 1 saturated heterocycles. The predicted octanol–water partition coefficient (Wildman–Crippen LogP) is 3.29. The maximum atomic E-state index is 13.3. The second kappa shape index (κ2) is 9.32. The lowest BCUT2D eigenvalue weighted by molar-refractivity contribution is -0.165. The molecule has 6 nitrogen and oxygen atoms in total. The van der Waals surface area contributed by atoms with Crippen LogP contribution in [-0.4, -0.2) is 66.0 Å². The molecule has 2 aromatic carbocycles. The topological polar surface area (TPSA) is 62.7 Å². The van der Waals surface area contributed by atoms with E-state index in [1.54, 1.807) is 48.4 Å². The molecule has 164 valence electrons. The van der Waals surface area contributed by atoms with Crippen LogP contribution in [-0.2, 0) is 16.0 Å². The van der Waals surface area contributed by atoms with Gasteiger partial charge >= 0.3 is 0 Å². The summed E-state index contributed by atoms with van der Waals surface area (Å²) < 4.78 is 6.13. The average Bonchev–Trinajstić information content (AvgIpc) is 2.84. The smallest absolute Gasteiger partial charge is 0.256 e. The van der Waals surface area contributed by atoms with Gasteiger partial charge in [-0.1, -0.05) is 42.5 Å². The van der Waals surface area contributed by atoms with Gasteiger partial charge in [-0.2, -0.15) is 0 Å². The molecule has 4 rings (SSSR count). The van der Waals surface area contributed by atoms with Gasteiger partial charge in [-0.15, -0.1) is 0 Å². The van der Waals surface area contributed by atoms with Crippen LogP contribution >= 0.6 is 0 Å². The number of benzene rings is 2. The number of pyridine rings is 1. The summed E-state index contributed by atoms with van der Waals surface area (Å²) in [6.07, 6.45) is 3.92. The van der Waals surface area contributed by atoms with Gasteiger partial charge in [-0.3, -0.25) is 14.6 Å². The molecule has 1 aliphatic rings. The van der Waals surface area contributed by atoms with Crippen molar-refractivity contribution in [3.8, 4) is 11.1 Å². The summed E-state index contributed by atoms with van der Waals surface area (Å²) in [5, 5.41) is 0. The van der Waals surface area contributed by atoms with Crippen molar-refractivity contribution in [1.29, 1.82) is 0 Å². The van der Waals surface area contributed by atoms with Crippen molar-refractivity contribution in [3.05, 3.63) is 90.3 Å². The summed E-state index contributed by atoms with van der Waals surface area (Å²) in [4.78, 5) is 33.7. The Labute approximate surface area is 188 Å². The first-order chi connectivity index (χ1) is 15.5. The lowest BCUT2D eigenvalue weighted by Gasteiger charge is -2.43. The Morgan fingerprint density at radius 3 is 2.28 bits per heavy atom. The van der Waals surface area contributed by atoms with Gasteiger partial charge in [0, 0.05) is 45.0 Å². The number of amides is 2. The summed E-state index contributed by atoms with van der Waals surface area (Å²) in [5.74, 6) is -0.223. The van der Waals surface area contributed by atoms with E-state index in [1.165, 1.54) is 0 Å². The number of carbonyl (C=O) groups excluding carboxylic acids is 2. The normalized spacial score (nSPS) is 18.2. The Bertz CT molecular complexity index is 1070. The largest absolute Gasteiger partial charge is 0.361 e. The van der Waals surface area contributed by atoms with E-state index in [4.69, 9.17) is 4.74 Å². The molecular weight excluding hydrogens is 402 g/mol. The molecule has 0 spiro atoms. The lowest BCUT2D eigenvalue weighted by atomic mass is 9.89. The number of likely N-dealkylation sites (N-methyl/N-ethyl adjacent to an activating group) is 1. The third kappa shape index (κ3) is 4.55. The second-order valence-electron chi connectivity index (χ2n) is 8.24. The number of nitrogens with zero attached hydrogens (tertiary/aromatic N) is 3. The molecule has 3 aromatic rings. The molecule has 2 amide bonds. The van der Waals surface area contributed by atoms with Crippen LogP contribution in [0.5, 0.6) is 0 Å². The van der Waals surface area contributed by atoms with Crippen LogP contribution in [0.4, 0.5) is 0 Å². The van der Waals surface area contributed by atoms with Crippen LogP contribution in [0.25, 0.3) is 11.1 Å². The van der Waals surface area contributed by atoms with E-state index in [2.05, 4.69) is 4.98 Å². The number of ether oxygens (including phenoxy) is 1. The van der Waals surface area contributed by atoms with Crippen molar-refractivity contribution in [2.75, 3.05) is 33.8 Å². The predicted molar refractivity (Wildman–Crippen MR) is 123 cm³/mol. The molecule has 0 saturated carbocycles. The fourth-order valence-corrected chi connectivity index (χ4v) is 4.13. The van der Waals surface area contributed by atoms with Gasteiger partial charge in [0.1, 0.15) is 0 Å². The molecular formula is C26H27N3O3. The fourth-order valence-electron chi connectivity index (χ4n) is 4.13. The first-order valence-corrected chi connectivity index (χ1v) is 10.7. The van der Waals surface area contributed by atoms with Crippen molar-refractivity contribution < 1.29 is 14.3 Å². The van der Waals surface area contributed by atoms with E-state index < -0.39 is 5.60 Å². The Balaban J connectivity index is 1.59. The molecule has 1 atom stereocenters. The Morgan fingerprint density at radius 1 is 0.969 bits per heavy atom. The molecule has 2 heterocycles. The van der Waals surface area contributed by atoms with E-state index in [1.807, 2.05) is 54.6 Å². The molecule has 0 radical (unpaired) electrons. The van der Waals surface area contributed by atoms with Gasteiger partial charge in [0.15, 0.2) is 5.60 Å². The number of hydrogen-bond donors (Lipinski definition) is 0. The van der Waals surface area contributed by atoms with Crippen molar-refractivity contribution in [3.63, 3.8) is 0 Å². The van der Waals surface area contributed by atoms with Crippen LogP contribution in [0.1, 0.15) is 15.9 Å². The van der Waals surface area contributed by atoms with Crippen LogP contribution < -0.4 is 0 Å². The molecule has 1 aliphatic heterocycles. The summed E-state index contributed by atoms with van der Waals surface area (Å²) in [6.45, 7) is 0.980. The molecule has 1 fully saturated rings. The van der Waals surface area contributed by atoms with Crippen molar-refractivity contribution in [2.24, 2.45) is 0 Å². The zero-order chi connectivity index (χ0) is 22.6. The van der Waals surface area contributed by atoms with E-state index >= 15 is 0 Å². The van der Waals surface area contributed by atoms with E-state index in [0.29, 0.717) is 25.1 Å². The van der Waals surface area contributed by atoms with Gasteiger partial charge in [-0.25, -0.2) is 0 Å². The molecule has 0 unspecified atom stereocenters. The van der Waals surface area contributed by atoms with Crippen molar-refractivity contribution >= 4 is 11.8 Å². The quantitative estimate of drug-likeness (QED) is 0.624. The second-order valence-corrected chi connectivity index (χ2v) is 8.24. The standard InChI is InChI=1S/C26H27N3O3/c1-28(2)25(31)26(18-20-8-10-21(11-9-20)22-12-14-27-15-13-22)19-29(16-17-32-26)24(30)23-6-4-3-5-7-23/h3-15H,16-19H2,1-2H3/t26-/m0/s1. The van der Waals surface area contributed by atoms with Crippen LogP contribution in [0, 0.1) is 0 Å². The zero-order valence-corrected chi connectivity index (χ0v) is 18.4. The maximum absolute atomic E-state index is 13.3. The maximum Gasteiger partial charge on any atom is 0.256 e. The van der Waals surface area contributed by atoms with E-state index in [-0.39, 0.29) is 18.4 Å². The first kappa shape index (κ1) is 21.7. The van der Waals surface area contributed by atoms with Crippen molar-refractivity contribution in [2.45, 2.75) is 12.0 Å². The van der Waals surface area contributed by atoms with Crippen molar-refractivity contribution in [1.82, 2.24) is 14.8 Å². The third-order valence-corrected chi connectivity index (χ3v) is 5.75. The number of carbonyl (C=O) groups is 2. The van der Waals surface area contributed by atoms with Gasteiger partial charge in [0.05, 0.1) is 13.2 Å². The molecule has 1 aromatic heterocycles. The molecule has 6 heteroatoms. The summed E-state index contributed by atoms with van der Waals surface area (Å²) >= 11 is 0. The molecule has 0 N–H and O–H groups in total. The highest BCUT2D eigenvalue weighted by Crippen LogP contribution is 2.28. The van der Waals surface area contributed by atoms with Crippen LogP contribution in [0.2, 0.25) is 0 Å². The Morgan fingerprint density at radius 2 is 1.62 bits per heavy atom. The monoisotopic (exact) mass is 429 g/mol. The SMILES string of the molecule is CN(C)C(=O)[C@]1(Cc2ccc(-c3ccncc3)cc2)CN(C(=O)c2ccccc2)CCO1. The molecule has 0 aliphatic carbocycles. The van der Waals surface area contributed by atoms with Crippen LogP contribution in [0.15, 0.2) is 79.1 Å². The summed E-state index contributed by atoms with van der Waals surface area (Å²) in [5.41, 5.74) is 2.63. The average molecular weight is 430 g/mol. The highest BCUT2D eigenvalue weighted by atomic mass is 16.5. The van der Waals surface area contributed by atoms with Gasteiger partial charge in [0.2, 0.25) is 0 Å². The number of rotatable bonds is 5. The Kier molecular flexibility index (Phi) is 6.32. The first-order valence-electron chi connectivity index (χ1n) is 10.7. The lowest BCUT2D eigenvalue weighted by Crippen LogP contribution is -2.61. The number of hydrogen-bond acceptors (Lipinski definition) is 4. The minimum atomic E-state index is -1.12. The van der Waals surface area contributed by atoms with E-state index in [0.717, 1.165) is 16.7 Å². The highest BCUT2D eigenvalue weighted by Gasteiger charge is 2.46. The third-order valence-electron chi connectivity index (χ3n) is 5.75. The van der Waals surface area contributed by atoms with Crippen LogP contribution in [0.3, 0.4) is 0 Å². The van der Waals surface area contributed by atoms with Gasteiger partial charge in [-0.05, 0) is 41.0 Å². The fraction of sp³-hybridized carbons (Fsp3) is 0.269. The van der Waals surface area contributed by atoms with E-state index in [9.17, 15) is 9.59 Å². The number of aromatic nitrogens is 1. The minimum absolute atomic E-state index is 0.0853. The zero-order valence-electron chi connectivity index (χ0n) is 18.4.